The lowest BCUT2D eigenvalue weighted by molar-refractivity contribution is -0.121. The standard InChI is InChI=1S/C14H31N3O/c1-11(2)17(12(3)4)10-9-16-14(18)8-6-7-13(5)15/h11-13H,6-10,15H2,1-5H3,(H,16,18). The van der Waals surface area contributed by atoms with Gasteiger partial charge < -0.3 is 11.1 Å². The van der Waals surface area contributed by atoms with Gasteiger partial charge in [0, 0.05) is 37.6 Å². The van der Waals surface area contributed by atoms with Crippen molar-refractivity contribution >= 4 is 5.91 Å². The fourth-order valence-corrected chi connectivity index (χ4v) is 2.11. The molecule has 0 aliphatic carbocycles. The summed E-state index contributed by atoms with van der Waals surface area (Å²) in [5.41, 5.74) is 5.65. The van der Waals surface area contributed by atoms with Gasteiger partial charge in [-0.3, -0.25) is 9.69 Å². The van der Waals surface area contributed by atoms with Gasteiger partial charge in [-0.25, -0.2) is 0 Å². The smallest absolute Gasteiger partial charge is 0.220 e. The van der Waals surface area contributed by atoms with E-state index in [0.717, 1.165) is 25.9 Å². The Labute approximate surface area is 112 Å². The quantitative estimate of drug-likeness (QED) is 0.661. The molecule has 0 aromatic rings. The van der Waals surface area contributed by atoms with Crippen molar-refractivity contribution in [1.82, 2.24) is 10.2 Å². The van der Waals surface area contributed by atoms with Crippen LogP contribution in [0.5, 0.6) is 0 Å². The molecule has 0 rings (SSSR count). The number of nitrogens with zero attached hydrogens (tertiary/aromatic N) is 1. The predicted molar refractivity (Wildman–Crippen MR) is 77.5 cm³/mol. The van der Waals surface area contributed by atoms with E-state index in [1.165, 1.54) is 0 Å². The van der Waals surface area contributed by atoms with Crippen LogP contribution in [0.2, 0.25) is 0 Å². The molecule has 0 aromatic carbocycles. The Hall–Kier alpha value is -0.610. The van der Waals surface area contributed by atoms with Crippen molar-refractivity contribution in [3.05, 3.63) is 0 Å². The topological polar surface area (TPSA) is 58.4 Å². The van der Waals surface area contributed by atoms with Crippen molar-refractivity contribution in [2.75, 3.05) is 13.1 Å². The van der Waals surface area contributed by atoms with Crippen molar-refractivity contribution in [3.63, 3.8) is 0 Å². The van der Waals surface area contributed by atoms with Crippen molar-refractivity contribution in [1.29, 1.82) is 0 Å². The zero-order valence-electron chi connectivity index (χ0n) is 12.7. The lowest BCUT2D eigenvalue weighted by Gasteiger charge is -2.30. The average molecular weight is 257 g/mol. The minimum Gasteiger partial charge on any atom is -0.355 e. The second-order valence-corrected chi connectivity index (χ2v) is 5.64. The number of carbonyl (C=O) groups excluding carboxylic acids is 1. The number of hydrogen-bond acceptors (Lipinski definition) is 3. The molecule has 0 aliphatic rings. The Bertz CT molecular complexity index is 219. The molecular weight excluding hydrogens is 226 g/mol. The summed E-state index contributed by atoms with van der Waals surface area (Å²) in [5.74, 6) is 0.142. The highest BCUT2D eigenvalue weighted by Gasteiger charge is 2.12. The maximum absolute atomic E-state index is 11.6. The van der Waals surface area contributed by atoms with Crippen LogP contribution in [0.1, 0.15) is 53.9 Å². The molecule has 0 saturated heterocycles. The Balaban J connectivity index is 3.72. The molecule has 4 heteroatoms. The molecule has 4 nitrogen and oxygen atoms in total. The number of carbonyl (C=O) groups is 1. The van der Waals surface area contributed by atoms with E-state index in [0.29, 0.717) is 18.5 Å². The van der Waals surface area contributed by atoms with Crippen molar-refractivity contribution in [3.8, 4) is 0 Å². The summed E-state index contributed by atoms with van der Waals surface area (Å²) in [4.78, 5) is 14.0. The summed E-state index contributed by atoms with van der Waals surface area (Å²) < 4.78 is 0. The van der Waals surface area contributed by atoms with E-state index in [-0.39, 0.29) is 11.9 Å². The highest BCUT2D eigenvalue weighted by atomic mass is 16.1. The van der Waals surface area contributed by atoms with Crippen molar-refractivity contribution in [2.24, 2.45) is 5.73 Å². The molecule has 0 saturated carbocycles. The second-order valence-electron chi connectivity index (χ2n) is 5.64. The maximum Gasteiger partial charge on any atom is 0.220 e. The third kappa shape index (κ3) is 8.48. The number of nitrogens with one attached hydrogen (secondary N) is 1. The largest absolute Gasteiger partial charge is 0.355 e. The molecule has 108 valence electrons. The van der Waals surface area contributed by atoms with Gasteiger partial charge in [0.1, 0.15) is 0 Å². The summed E-state index contributed by atoms with van der Waals surface area (Å²) >= 11 is 0. The van der Waals surface area contributed by atoms with Crippen molar-refractivity contribution in [2.45, 2.75) is 72.0 Å². The molecule has 0 radical (unpaired) electrons. The van der Waals surface area contributed by atoms with Crippen LogP contribution in [-0.4, -0.2) is 42.0 Å². The summed E-state index contributed by atoms with van der Waals surface area (Å²) in [6, 6.07) is 1.22. The fourth-order valence-electron chi connectivity index (χ4n) is 2.11. The average Bonchev–Trinajstić information content (AvgIpc) is 2.22. The van der Waals surface area contributed by atoms with Gasteiger partial charge >= 0.3 is 0 Å². The van der Waals surface area contributed by atoms with E-state index < -0.39 is 0 Å². The van der Waals surface area contributed by atoms with Gasteiger partial charge in [0.15, 0.2) is 0 Å². The van der Waals surface area contributed by atoms with Gasteiger partial charge in [0.2, 0.25) is 5.91 Å². The molecular formula is C14H31N3O. The van der Waals surface area contributed by atoms with E-state index >= 15 is 0 Å². The number of hydrogen-bond donors (Lipinski definition) is 2. The first-order valence-electron chi connectivity index (χ1n) is 7.12. The molecule has 1 unspecified atom stereocenters. The van der Waals surface area contributed by atoms with E-state index in [4.69, 9.17) is 5.73 Å². The summed E-state index contributed by atoms with van der Waals surface area (Å²) in [6.45, 7) is 12.4. The van der Waals surface area contributed by atoms with Crippen LogP contribution >= 0.6 is 0 Å². The van der Waals surface area contributed by atoms with Crippen LogP contribution in [-0.2, 0) is 4.79 Å². The normalized spacial score (nSPS) is 13.4. The molecule has 18 heavy (non-hydrogen) atoms. The van der Waals surface area contributed by atoms with Crippen LogP contribution in [0, 0.1) is 0 Å². The number of rotatable bonds is 9. The van der Waals surface area contributed by atoms with Gasteiger partial charge in [-0.05, 0) is 47.5 Å². The SMILES string of the molecule is CC(N)CCCC(=O)NCCN(C(C)C)C(C)C. The third-order valence-electron chi connectivity index (χ3n) is 3.08. The number of amides is 1. The molecule has 0 heterocycles. The molecule has 0 aliphatic heterocycles. The zero-order valence-corrected chi connectivity index (χ0v) is 12.7. The van der Waals surface area contributed by atoms with Gasteiger partial charge in [-0.1, -0.05) is 0 Å². The third-order valence-corrected chi connectivity index (χ3v) is 3.08. The minimum absolute atomic E-state index is 0.142. The van der Waals surface area contributed by atoms with E-state index in [9.17, 15) is 4.79 Å². The summed E-state index contributed by atoms with van der Waals surface area (Å²) in [6.07, 6.45) is 2.38. The molecule has 0 fully saturated rings. The Morgan fingerprint density at radius 3 is 2.17 bits per heavy atom. The first-order valence-corrected chi connectivity index (χ1v) is 7.12. The van der Waals surface area contributed by atoms with E-state index in [1.54, 1.807) is 0 Å². The second kappa shape index (κ2) is 9.34. The summed E-state index contributed by atoms with van der Waals surface area (Å²) in [7, 11) is 0. The van der Waals surface area contributed by atoms with E-state index in [1.807, 2.05) is 6.92 Å². The first-order chi connectivity index (χ1) is 8.34. The van der Waals surface area contributed by atoms with Gasteiger partial charge in [-0.2, -0.15) is 0 Å². The predicted octanol–water partition coefficient (Wildman–Crippen LogP) is 1.74. The molecule has 0 bridgehead atoms. The van der Waals surface area contributed by atoms with Crippen LogP contribution in [0.4, 0.5) is 0 Å². The van der Waals surface area contributed by atoms with Gasteiger partial charge in [-0.15, -0.1) is 0 Å². The minimum atomic E-state index is 0.142. The molecule has 1 atom stereocenters. The fraction of sp³-hybridized carbons (Fsp3) is 0.929. The highest BCUT2D eigenvalue weighted by molar-refractivity contribution is 5.75. The number of nitrogens with two attached hydrogens (primary N) is 1. The van der Waals surface area contributed by atoms with Crippen LogP contribution in [0.3, 0.4) is 0 Å². The molecule has 3 N–H and O–H groups in total. The Morgan fingerprint density at radius 2 is 1.72 bits per heavy atom. The Kier molecular flexibility index (Phi) is 9.02. The molecule has 0 aromatic heterocycles. The first kappa shape index (κ1) is 17.4. The Morgan fingerprint density at radius 1 is 1.17 bits per heavy atom. The lowest BCUT2D eigenvalue weighted by Crippen LogP contribution is -2.42. The molecule has 1 amide bonds. The van der Waals surface area contributed by atoms with Gasteiger partial charge in [0.05, 0.1) is 0 Å². The summed E-state index contributed by atoms with van der Waals surface area (Å²) in [5, 5.41) is 2.98. The van der Waals surface area contributed by atoms with E-state index in [2.05, 4.69) is 37.9 Å². The van der Waals surface area contributed by atoms with Crippen molar-refractivity contribution < 1.29 is 4.79 Å². The maximum atomic E-state index is 11.6. The highest BCUT2D eigenvalue weighted by Crippen LogP contribution is 2.03. The monoisotopic (exact) mass is 257 g/mol. The van der Waals surface area contributed by atoms with Gasteiger partial charge in [0.25, 0.3) is 0 Å². The van der Waals surface area contributed by atoms with Crippen LogP contribution in [0.25, 0.3) is 0 Å². The molecule has 0 spiro atoms. The van der Waals surface area contributed by atoms with Crippen LogP contribution in [0.15, 0.2) is 0 Å². The lowest BCUT2D eigenvalue weighted by atomic mass is 10.1. The zero-order chi connectivity index (χ0) is 14.1. The van der Waals surface area contributed by atoms with Crippen LogP contribution < -0.4 is 11.1 Å².